The van der Waals surface area contributed by atoms with Crippen LogP contribution in [0.2, 0.25) is 0 Å². The molecule has 1 amide bonds. The van der Waals surface area contributed by atoms with E-state index in [1.165, 1.54) is 0 Å². The van der Waals surface area contributed by atoms with Crippen molar-refractivity contribution in [2.24, 2.45) is 0 Å². The van der Waals surface area contributed by atoms with Crippen molar-refractivity contribution in [3.05, 3.63) is 106 Å². The van der Waals surface area contributed by atoms with E-state index in [4.69, 9.17) is 0 Å². The number of anilines is 1. The molecule has 0 spiro atoms. The fraction of sp³-hybridized carbons (Fsp3) is 0.240. The Morgan fingerprint density at radius 1 is 1.03 bits per heavy atom. The van der Waals surface area contributed by atoms with Gasteiger partial charge in [0.2, 0.25) is 0 Å². The lowest BCUT2D eigenvalue weighted by molar-refractivity contribution is -0.384. The van der Waals surface area contributed by atoms with E-state index in [0.29, 0.717) is 24.3 Å². The molecule has 6 heteroatoms. The summed E-state index contributed by atoms with van der Waals surface area (Å²) >= 11 is 0. The largest absolute Gasteiger partial charge is 0.375 e. The van der Waals surface area contributed by atoms with Gasteiger partial charge in [0.15, 0.2) is 0 Å². The molecule has 0 aliphatic carbocycles. The Balaban J connectivity index is 1.53. The summed E-state index contributed by atoms with van der Waals surface area (Å²) < 4.78 is 0. The van der Waals surface area contributed by atoms with Gasteiger partial charge < -0.3 is 10.2 Å². The number of rotatable bonds is 6. The van der Waals surface area contributed by atoms with Crippen molar-refractivity contribution in [2.45, 2.75) is 25.3 Å². The Hall–Kier alpha value is -3.67. The predicted molar refractivity (Wildman–Crippen MR) is 121 cm³/mol. The minimum Gasteiger partial charge on any atom is -0.375 e. The van der Waals surface area contributed by atoms with Crippen molar-refractivity contribution >= 4 is 17.3 Å². The van der Waals surface area contributed by atoms with Gasteiger partial charge in [-0.25, -0.2) is 0 Å². The maximum Gasteiger partial charge on any atom is 0.292 e. The van der Waals surface area contributed by atoms with E-state index in [9.17, 15) is 14.9 Å². The molecule has 1 N–H and O–H groups in total. The van der Waals surface area contributed by atoms with Crippen LogP contribution in [-0.2, 0) is 6.54 Å². The highest BCUT2D eigenvalue weighted by atomic mass is 16.6. The molecule has 1 unspecified atom stereocenters. The van der Waals surface area contributed by atoms with Gasteiger partial charge in [0.25, 0.3) is 11.6 Å². The second-order valence-corrected chi connectivity index (χ2v) is 7.83. The Morgan fingerprint density at radius 2 is 1.74 bits per heavy atom. The lowest BCUT2D eigenvalue weighted by atomic mass is 9.89. The van der Waals surface area contributed by atoms with Crippen LogP contribution < -0.4 is 5.32 Å². The molecule has 1 fully saturated rings. The highest BCUT2D eigenvalue weighted by Crippen LogP contribution is 2.33. The van der Waals surface area contributed by atoms with E-state index in [1.54, 1.807) is 6.07 Å². The molecule has 1 aliphatic heterocycles. The van der Waals surface area contributed by atoms with Crippen molar-refractivity contribution in [3.8, 4) is 0 Å². The smallest absolute Gasteiger partial charge is 0.292 e. The summed E-state index contributed by atoms with van der Waals surface area (Å²) in [7, 11) is 0. The summed E-state index contributed by atoms with van der Waals surface area (Å²) in [4.78, 5) is 25.9. The molecule has 0 aromatic heterocycles. The van der Waals surface area contributed by atoms with Gasteiger partial charge in [0.05, 0.1) is 4.92 Å². The second-order valence-electron chi connectivity index (χ2n) is 7.83. The van der Waals surface area contributed by atoms with Crippen molar-refractivity contribution < 1.29 is 9.72 Å². The SMILES string of the molecule is O=C(c1ccccc1)N1CCCC(c2ccc([N+](=O)[O-])c(NCc3ccccc3)c2)C1. The van der Waals surface area contributed by atoms with E-state index in [0.717, 1.165) is 30.5 Å². The molecule has 3 aromatic rings. The number of piperidine rings is 1. The van der Waals surface area contributed by atoms with Crippen LogP contribution in [0.3, 0.4) is 0 Å². The number of carbonyl (C=O) groups excluding carboxylic acids is 1. The molecule has 1 heterocycles. The van der Waals surface area contributed by atoms with Gasteiger partial charge in [-0.15, -0.1) is 0 Å². The summed E-state index contributed by atoms with van der Waals surface area (Å²) in [6, 6.07) is 24.4. The number of nitro benzene ring substituents is 1. The zero-order valence-corrected chi connectivity index (χ0v) is 17.2. The maximum atomic E-state index is 12.9. The molecule has 158 valence electrons. The van der Waals surface area contributed by atoms with Gasteiger partial charge in [0.1, 0.15) is 5.69 Å². The molecule has 0 saturated carbocycles. The number of benzene rings is 3. The third-order valence-corrected chi connectivity index (χ3v) is 5.74. The minimum absolute atomic E-state index is 0.0367. The number of amides is 1. The predicted octanol–water partition coefficient (Wildman–Crippen LogP) is 5.23. The number of nitrogens with zero attached hydrogens (tertiary/aromatic N) is 2. The van der Waals surface area contributed by atoms with Crippen LogP contribution in [0, 0.1) is 10.1 Å². The fourth-order valence-electron chi connectivity index (χ4n) is 4.10. The maximum absolute atomic E-state index is 12.9. The lowest BCUT2D eigenvalue weighted by Gasteiger charge is -2.33. The van der Waals surface area contributed by atoms with E-state index in [2.05, 4.69) is 5.32 Å². The quantitative estimate of drug-likeness (QED) is 0.442. The molecule has 1 atom stereocenters. The number of nitrogens with one attached hydrogen (secondary N) is 1. The molecule has 0 radical (unpaired) electrons. The summed E-state index contributed by atoms with van der Waals surface area (Å²) in [6.45, 7) is 1.86. The standard InChI is InChI=1S/C25H25N3O3/c29-25(20-10-5-2-6-11-20)27-15-7-12-22(18-27)21-13-14-24(28(30)31)23(16-21)26-17-19-8-3-1-4-9-19/h1-6,8-11,13-14,16,22,26H,7,12,15,17-18H2. The van der Waals surface area contributed by atoms with E-state index in [1.807, 2.05) is 77.7 Å². The van der Waals surface area contributed by atoms with Gasteiger partial charge in [0, 0.05) is 37.2 Å². The number of hydrogen-bond acceptors (Lipinski definition) is 4. The zero-order chi connectivity index (χ0) is 21.6. The normalized spacial score (nSPS) is 16.0. The molecule has 1 aliphatic rings. The third kappa shape index (κ3) is 4.91. The van der Waals surface area contributed by atoms with Crippen LogP contribution in [0.4, 0.5) is 11.4 Å². The topological polar surface area (TPSA) is 75.5 Å². The molecular formula is C25H25N3O3. The first-order valence-electron chi connectivity index (χ1n) is 10.5. The molecule has 3 aromatic carbocycles. The molecule has 1 saturated heterocycles. The average molecular weight is 415 g/mol. The third-order valence-electron chi connectivity index (χ3n) is 5.74. The lowest BCUT2D eigenvalue weighted by Crippen LogP contribution is -2.39. The van der Waals surface area contributed by atoms with Crippen LogP contribution in [0.25, 0.3) is 0 Å². The highest BCUT2D eigenvalue weighted by Gasteiger charge is 2.27. The molecule has 6 nitrogen and oxygen atoms in total. The highest BCUT2D eigenvalue weighted by molar-refractivity contribution is 5.94. The number of likely N-dealkylation sites (tertiary alicyclic amines) is 1. The van der Waals surface area contributed by atoms with Crippen LogP contribution in [0.5, 0.6) is 0 Å². The summed E-state index contributed by atoms with van der Waals surface area (Å²) in [6.07, 6.45) is 1.86. The molecular weight excluding hydrogens is 390 g/mol. The van der Waals surface area contributed by atoms with Crippen LogP contribution >= 0.6 is 0 Å². The molecule has 0 bridgehead atoms. The Morgan fingerprint density at radius 3 is 2.45 bits per heavy atom. The van der Waals surface area contributed by atoms with Gasteiger partial charge in [-0.05, 0) is 42.2 Å². The fourth-order valence-corrected chi connectivity index (χ4v) is 4.10. The zero-order valence-electron chi connectivity index (χ0n) is 17.2. The summed E-state index contributed by atoms with van der Waals surface area (Å²) in [5, 5.41) is 14.8. The molecule has 31 heavy (non-hydrogen) atoms. The summed E-state index contributed by atoms with van der Waals surface area (Å²) in [5.41, 5.74) is 3.34. The molecule has 4 rings (SSSR count). The first-order chi connectivity index (χ1) is 15.1. The number of carbonyl (C=O) groups is 1. The van der Waals surface area contributed by atoms with Gasteiger partial charge >= 0.3 is 0 Å². The van der Waals surface area contributed by atoms with E-state index in [-0.39, 0.29) is 22.4 Å². The first-order valence-corrected chi connectivity index (χ1v) is 10.5. The van der Waals surface area contributed by atoms with Gasteiger partial charge in [-0.3, -0.25) is 14.9 Å². The van der Waals surface area contributed by atoms with Crippen LogP contribution in [0.1, 0.15) is 40.2 Å². The van der Waals surface area contributed by atoms with Crippen LogP contribution in [0.15, 0.2) is 78.9 Å². The van der Waals surface area contributed by atoms with Crippen molar-refractivity contribution in [3.63, 3.8) is 0 Å². The van der Waals surface area contributed by atoms with Gasteiger partial charge in [-0.2, -0.15) is 0 Å². The van der Waals surface area contributed by atoms with Crippen molar-refractivity contribution in [2.75, 3.05) is 18.4 Å². The Labute approximate surface area is 181 Å². The van der Waals surface area contributed by atoms with Gasteiger partial charge in [-0.1, -0.05) is 54.6 Å². The number of hydrogen-bond donors (Lipinski definition) is 1. The first kappa shape index (κ1) is 20.6. The van der Waals surface area contributed by atoms with Crippen LogP contribution in [-0.4, -0.2) is 28.8 Å². The number of nitro groups is 1. The average Bonchev–Trinajstić information content (AvgIpc) is 2.83. The summed E-state index contributed by atoms with van der Waals surface area (Å²) in [5.74, 6) is 0.189. The van der Waals surface area contributed by atoms with E-state index >= 15 is 0 Å². The van der Waals surface area contributed by atoms with E-state index < -0.39 is 0 Å². The second kappa shape index (κ2) is 9.43. The Bertz CT molecular complexity index is 1050. The van der Waals surface area contributed by atoms with Crippen molar-refractivity contribution in [1.29, 1.82) is 0 Å². The minimum atomic E-state index is -0.358. The monoisotopic (exact) mass is 415 g/mol. The van der Waals surface area contributed by atoms with Crippen molar-refractivity contribution in [1.82, 2.24) is 4.90 Å². The Kier molecular flexibility index (Phi) is 6.26.